The van der Waals surface area contributed by atoms with E-state index in [0.29, 0.717) is 23.2 Å². The van der Waals surface area contributed by atoms with Gasteiger partial charge in [0, 0.05) is 30.3 Å². The van der Waals surface area contributed by atoms with Crippen LogP contribution in [-0.4, -0.2) is 34.8 Å². The molecule has 100 valence electrons. The van der Waals surface area contributed by atoms with Gasteiger partial charge in [-0.2, -0.15) is 0 Å². The van der Waals surface area contributed by atoms with Crippen molar-refractivity contribution in [1.29, 1.82) is 0 Å². The number of hydrogen-bond acceptors (Lipinski definition) is 3. The lowest BCUT2D eigenvalue weighted by atomic mass is 9.98. The predicted molar refractivity (Wildman–Crippen MR) is 72.9 cm³/mol. The average Bonchev–Trinajstić information content (AvgIpc) is 2.35. The number of rotatable bonds is 3. The van der Waals surface area contributed by atoms with Gasteiger partial charge in [0.15, 0.2) is 0 Å². The molecule has 0 aliphatic carbocycles. The van der Waals surface area contributed by atoms with Crippen LogP contribution < -0.4 is 0 Å². The van der Waals surface area contributed by atoms with Crippen molar-refractivity contribution >= 4 is 11.6 Å². The fourth-order valence-electron chi connectivity index (χ4n) is 2.61. The van der Waals surface area contributed by atoms with Crippen LogP contribution >= 0.6 is 11.6 Å². The van der Waals surface area contributed by atoms with Crippen LogP contribution in [0.25, 0.3) is 0 Å². The Labute approximate surface area is 113 Å². The third-order valence-corrected chi connectivity index (χ3v) is 3.82. The van der Waals surface area contributed by atoms with Gasteiger partial charge in [0.2, 0.25) is 0 Å². The van der Waals surface area contributed by atoms with Crippen LogP contribution in [0, 0.1) is 12.8 Å². The van der Waals surface area contributed by atoms with E-state index in [2.05, 4.69) is 4.90 Å². The van der Waals surface area contributed by atoms with E-state index in [0.717, 1.165) is 37.1 Å². The maximum atomic E-state index is 10.0. The molecule has 1 unspecified atom stereocenters. The van der Waals surface area contributed by atoms with Crippen LogP contribution in [0.4, 0.5) is 0 Å². The fraction of sp³-hybridized carbons (Fsp3) is 0.571. The summed E-state index contributed by atoms with van der Waals surface area (Å²) in [5.74, 6) is 0.701. The Morgan fingerprint density at radius 1 is 1.44 bits per heavy atom. The molecule has 2 rings (SSSR count). The van der Waals surface area contributed by atoms with E-state index in [1.807, 2.05) is 13.0 Å². The Kier molecular flexibility index (Phi) is 4.49. The topological polar surface area (TPSA) is 43.7 Å². The van der Waals surface area contributed by atoms with Crippen molar-refractivity contribution in [3.05, 3.63) is 28.3 Å². The number of halogens is 1. The summed E-state index contributed by atoms with van der Waals surface area (Å²) < 4.78 is 0. The molecule has 0 bridgehead atoms. The van der Waals surface area contributed by atoms with Gasteiger partial charge in [0.25, 0.3) is 0 Å². The zero-order chi connectivity index (χ0) is 13.1. The minimum absolute atomic E-state index is 0.247. The lowest BCUT2D eigenvalue weighted by molar-refractivity contribution is 0.115. The van der Waals surface area contributed by atoms with Crippen molar-refractivity contribution in [1.82, 2.24) is 4.90 Å². The third-order valence-electron chi connectivity index (χ3n) is 3.60. The lowest BCUT2D eigenvalue weighted by Crippen LogP contribution is -2.36. The number of phenols is 1. The SMILES string of the molecule is Cc1cc(Cl)cc(CN2CCCC(CO)C2)c1O. The van der Waals surface area contributed by atoms with Crippen molar-refractivity contribution < 1.29 is 10.2 Å². The number of aryl methyl sites for hydroxylation is 1. The molecule has 1 aliphatic rings. The van der Waals surface area contributed by atoms with E-state index < -0.39 is 0 Å². The van der Waals surface area contributed by atoms with Crippen molar-refractivity contribution in [2.45, 2.75) is 26.3 Å². The van der Waals surface area contributed by atoms with Crippen molar-refractivity contribution in [3.63, 3.8) is 0 Å². The third kappa shape index (κ3) is 3.16. The highest BCUT2D eigenvalue weighted by Crippen LogP contribution is 2.28. The van der Waals surface area contributed by atoms with Gasteiger partial charge in [-0.05, 0) is 49.9 Å². The number of phenolic OH excluding ortho intramolecular Hbond substituents is 1. The van der Waals surface area contributed by atoms with E-state index in [1.165, 1.54) is 0 Å². The van der Waals surface area contributed by atoms with Crippen molar-refractivity contribution in [3.8, 4) is 5.75 Å². The van der Waals surface area contributed by atoms with E-state index in [-0.39, 0.29) is 6.61 Å². The second-order valence-electron chi connectivity index (χ2n) is 5.16. The molecule has 3 nitrogen and oxygen atoms in total. The number of benzene rings is 1. The average molecular weight is 270 g/mol. The van der Waals surface area contributed by atoms with Crippen LogP contribution in [0.15, 0.2) is 12.1 Å². The molecule has 2 N–H and O–H groups in total. The highest BCUT2D eigenvalue weighted by molar-refractivity contribution is 6.30. The number of aromatic hydroxyl groups is 1. The largest absolute Gasteiger partial charge is 0.507 e. The molecule has 1 saturated heterocycles. The van der Waals surface area contributed by atoms with E-state index in [1.54, 1.807) is 6.07 Å². The fourth-order valence-corrected chi connectivity index (χ4v) is 2.91. The maximum Gasteiger partial charge on any atom is 0.123 e. The molecule has 1 aromatic carbocycles. The normalized spacial score (nSPS) is 21.2. The summed E-state index contributed by atoms with van der Waals surface area (Å²) in [6.07, 6.45) is 2.19. The quantitative estimate of drug-likeness (QED) is 0.886. The zero-order valence-electron chi connectivity index (χ0n) is 10.7. The highest BCUT2D eigenvalue weighted by atomic mass is 35.5. The molecule has 0 radical (unpaired) electrons. The molecule has 1 aromatic rings. The number of aliphatic hydroxyl groups is 1. The Morgan fingerprint density at radius 3 is 2.94 bits per heavy atom. The van der Waals surface area contributed by atoms with Crippen molar-refractivity contribution in [2.75, 3.05) is 19.7 Å². The first-order valence-electron chi connectivity index (χ1n) is 6.41. The Balaban J connectivity index is 2.09. The number of nitrogens with zero attached hydrogens (tertiary/aromatic N) is 1. The van der Waals surface area contributed by atoms with Gasteiger partial charge in [0.1, 0.15) is 5.75 Å². The Bertz CT molecular complexity index is 423. The minimum Gasteiger partial charge on any atom is -0.507 e. The lowest BCUT2D eigenvalue weighted by Gasteiger charge is -2.32. The first-order valence-corrected chi connectivity index (χ1v) is 6.79. The maximum absolute atomic E-state index is 10.0. The van der Waals surface area contributed by atoms with Crippen LogP contribution in [-0.2, 0) is 6.54 Å². The van der Waals surface area contributed by atoms with Crippen molar-refractivity contribution in [2.24, 2.45) is 5.92 Å². The molecule has 0 aromatic heterocycles. The monoisotopic (exact) mass is 269 g/mol. The molecular formula is C14H20ClNO2. The van der Waals surface area contributed by atoms with Gasteiger partial charge in [-0.1, -0.05) is 11.6 Å². The first-order chi connectivity index (χ1) is 8.60. The number of likely N-dealkylation sites (tertiary alicyclic amines) is 1. The summed E-state index contributed by atoms with van der Waals surface area (Å²) in [5, 5.41) is 19.9. The summed E-state index contributed by atoms with van der Waals surface area (Å²) in [7, 11) is 0. The molecule has 1 atom stereocenters. The van der Waals surface area contributed by atoms with Gasteiger partial charge < -0.3 is 10.2 Å². The molecule has 18 heavy (non-hydrogen) atoms. The zero-order valence-corrected chi connectivity index (χ0v) is 11.5. The van der Waals surface area contributed by atoms with Gasteiger partial charge >= 0.3 is 0 Å². The van der Waals surface area contributed by atoms with Gasteiger partial charge in [0.05, 0.1) is 0 Å². The minimum atomic E-state index is 0.247. The smallest absolute Gasteiger partial charge is 0.123 e. The molecule has 0 saturated carbocycles. The summed E-state index contributed by atoms with van der Waals surface area (Å²) in [5.41, 5.74) is 1.69. The standard InChI is InChI=1S/C14H20ClNO2/c1-10-5-13(15)6-12(14(10)18)8-16-4-2-3-11(7-16)9-17/h5-6,11,17-18H,2-4,7-9H2,1H3. The molecule has 1 fully saturated rings. The molecule has 0 spiro atoms. The van der Waals surface area contributed by atoms with Gasteiger partial charge in [-0.15, -0.1) is 0 Å². The summed E-state index contributed by atoms with van der Waals surface area (Å²) in [4.78, 5) is 2.27. The van der Waals surface area contributed by atoms with Crippen LogP contribution in [0.5, 0.6) is 5.75 Å². The van der Waals surface area contributed by atoms with Gasteiger partial charge in [-0.25, -0.2) is 0 Å². The summed E-state index contributed by atoms with van der Waals surface area (Å²) in [6, 6.07) is 3.60. The van der Waals surface area contributed by atoms with Crippen LogP contribution in [0.2, 0.25) is 5.02 Å². The Morgan fingerprint density at radius 2 is 2.22 bits per heavy atom. The second-order valence-corrected chi connectivity index (χ2v) is 5.59. The summed E-state index contributed by atoms with van der Waals surface area (Å²) in [6.45, 7) is 4.71. The number of hydrogen-bond donors (Lipinski definition) is 2. The van der Waals surface area contributed by atoms with E-state index >= 15 is 0 Å². The van der Waals surface area contributed by atoms with E-state index in [9.17, 15) is 10.2 Å². The second kappa shape index (κ2) is 5.91. The molecule has 0 amide bonds. The van der Waals surface area contributed by atoms with E-state index in [4.69, 9.17) is 11.6 Å². The Hall–Kier alpha value is -0.770. The highest BCUT2D eigenvalue weighted by Gasteiger charge is 2.20. The van der Waals surface area contributed by atoms with Gasteiger partial charge in [-0.3, -0.25) is 4.90 Å². The van der Waals surface area contributed by atoms with Crippen LogP contribution in [0.1, 0.15) is 24.0 Å². The molecule has 1 aliphatic heterocycles. The van der Waals surface area contributed by atoms with Crippen LogP contribution in [0.3, 0.4) is 0 Å². The number of aliphatic hydroxyl groups excluding tert-OH is 1. The molecule has 4 heteroatoms. The molecule has 1 heterocycles. The number of piperidine rings is 1. The summed E-state index contributed by atoms with van der Waals surface area (Å²) >= 11 is 6.03. The first kappa shape index (κ1) is 13.7. The predicted octanol–water partition coefficient (Wildman–Crippen LogP) is 2.56. The molecular weight excluding hydrogens is 250 g/mol.